The van der Waals surface area contributed by atoms with Crippen molar-refractivity contribution in [2.75, 3.05) is 31.1 Å². The predicted molar refractivity (Wildman–Crippen MR) is 94.0 cm³/mol. The summed E-state index contributed by atoms with van der Waals surface area (Å²) in [5.74, 6) is 1.17. The van der Waals surface area contributed by atoms with Crippen LogP contribution < -0.4 is 4.90 Å². The molecule has 1 saturated heterocycles. The quantitative estimate of drug-likeness (QED) is 0.821. The van der Waals surface area contributed by atoms with Gasteiger partial charge in [-0.25, -0.2) is 9.97 Å². The van der Waals surface area contributed by atoms with Gasteiger partial charge in [-0.15, -0.1) is 0 Å². The Labute approximate surface area is 148 Å². The van der Waals surface area contributed by atoms with Crippen molar-refractivity contribution in [3.05, 3.63) is 18.5 Å². The van der Waals surface area contributed by atoms with Gasteiger partial charge in [0.2, 0.25) is 11.9 Å². The highest BCUT2D eigenvalue weighted by atomic mass is 16.2. The van der Waals surface area contributed by atoms with Gasteiger partial charge in [-0.1, -0.05) is 20.8 Å². The monoisotopic (exact) mass is 342 g/mol. The molecule has 0 N–H and O–H groups in total. The van der Waals surface area contributed by atoms with Crippen LogP contribution in [0.4, 0.5) is 5.95 Å². The molecular weight excluding hydrogens is 316 g/mol. The van der Waals surface area contributed by atoms with Crippen LogP contribution in [0.15, 0.2) is 18.5 Å². The second-order valence-corrected chi connectivity index (χ2v) is 8.47. The van der Waals surface area contributed by atoms with Gasteiger partial charge >= 0.3 is 0 Å². The molecule has 3 fully saturated rings. The number of nitrogens with zero attached hydrogens (tertiary/aromatic N) is 4. The zero-order chi connectivity index (χ0) is 17.9. The summed E-state index contributed by atoms with van der Waals surface area (Å²) >= 11 is 0. The maximum Gasteiger partial charge on any atom is 0.229 e. The molecule has 2 atom stereocenters. The summed E-state index contributed by atoms with van der Waals surface area (Å²) < 4.78 is 0. The number of anilines is 1. The molecule has 2 saturated carbocycles. The fourth-order valence-electron chi connectivity index (χ4n) is 5.20. The van der Waals surface area contributed by atoms with E-state index >= 15 is 0 Å². The van der Waals surface area contributed by atoms with E-state index < -0.39 is 5.41 Å². The maximum atomic E-state index is 13.5. The van der Waals surface area contributed by atoms with E-state index in [0.717, 1.165) is 31.9 Å². The van der Waals surface area contributed by atoms with E-state index in [1.54, 1.807) is 18.5 Å². The maximum absolute atomic E-state index is 13.5. The Morgan fingerprint density at radius 1 is 1.04 bits per heavy atom. The second-order valence-electron chi connectivity index (χ2n) is 8.47. The number of ketones is 1. The highest BCUT2D eigenvalue weighted by molar-refractivity contribution is 5.99. The number of amides is 1. The van der Waals surface area contributed by atoms with Crippen LogP contribution in [0.5, 0.6) is 0 Å². The average molecular weight is 342 g/mol. The number of fused-ring (bicyclic) bond motifs is 2. The van der Waals surface area contributed by atoms with Crippen molar-refractivity contribution in [1.82, 2.24) is 14.9 Å². The van der Waals surface area contributed by atoms with E-state index in [9.17, 15) is 9.59 Å². The zero-order valence-electron chi connectivity index (χ0n) is 15.3. The van der Waals surface area contributed by atoms with E-state index in [2.05, 4.69) is 35.6 Å². The van der Waals surface area contributed by atoms with Gasteiger partial charge in [-0.05, 0) is 24.3 Å². The molecule has 6 heteroatoms. The van der Waals surface area contributed by atoms with Gasteiger partial charge in [0, 0.05) is 50.4 Å². The molecule has 1 amide bonds. The third-order valence-corrected chi connectivity index (χ3v) is 7.52. The Balaban J connectivity index is 1.51. The minimum atomic E-state index is -0.510. The van der Waals surface area contributed by atoms with Crippen molar-refractivity contribution in [3.63, 3.8) is 0 Å². The fourth-order valence-corrected chi connectivity index (χ4v) is 5.20. The standard InChI is InChI=1S/C19H26N4O2/c1-17(2)18(3)5-6-19(17,13-14(18)24)15(25)22-9-11-23(12-10-22)16-20-7-4-8-21-16/h4,7-8H,5-6,9-13H2,1-3H3/t18-,19-/m1/s1. The highest BCUT2D eigenvalue weighted by Gasteiger charge is 2.73. The molecule has 0 spiro atoms. The lowest BCUT2D eigenvalue weighted by Gasteiger charge is -2.44. The van der Waals surface area contributed by atoms with Crippen LogP contribution in [-0.4, -0.2) is 52.7 Å². The summed E-state index contributed by atoms with van der Waals surface area (Å²) in [6.45, 7) is 9.10. The lowest BCUT2D eigenvalue weighted by Crippen LogP contribution is -2.55. The van der Waals surface area contributed by atoms with Crippen molar-refractivity contribution in [1.29, 1.82) is 0 Å². The van der Waals surface area contributed by atoms with Crippen molar-refractivity contribution in [3.8, 4) is 0 Å². The van der Waals surface area contributed by atoms with Crippen molar-refractivity contribution < 1.29 is 9.59 Å². The number of hydrogen-bond acceptors (Lipinski definition) is 5. The van der Waals surface area contributed by atoms with Gasteiger partial charge in [0.05, 0.1) is 5.41 Å². The first-order valence-electron chi connectivity index (χ1n) is 9.16. The van der Waals surface area contributed by atoms with E-state index in [1.165, 1.54) is 0 Å². The number of Topliss-reactive ketones (excluding diaryl/α,β-unsaturated/α-hetero) is 1. The number of rotatable bonds is 2. The molecule has 134 valence electrons. The first kappa shape index (κ1) is 16.5. The Bertz CT molecular complexity index is 711. The van der Waals surface area contributed by atoms with Crippen molar-refractivity contribution in [2.45, 2.75) is 40.0 Å². The molecule has 2 heterocycles. The minimum Gasteiger partial charge on any atom is -0.339 e. The van der Waals surface area contributed by atoms with Crippen LogP contribution in [-0.2, 0) is 9.59 Å². The normalized spacial score (nSPS) is 33.8. The first-order chi connectivity index (χ1) is 11.8. The molecule has 2 aliphatic carbocycles. The number of piperazine rings is 1. The largest absolute Gasteiger partial charge is 0.339 e. The summed E-state index contributed by atoms with van der Waals surface area (Å²) in [6.07, 6.45) is 5.57. The fraction of sp³-hybridized carbons (Fsp3) is 0.684. The molecule has 1 aliphatic heterocycles. The Hall–Kier alpha value is -1.98. The second kappa shape index (κ2) is 5.26. The van der Waals surface area contributed by atoms with Gasteiger partial charge in [-0.2, -0.15) is 0 Å². The molecule has 0 aromatic carbocycles. The smallest absolute Gasteiger partial charge is 0.229 e. The Kier molecular flexibility index (Phi) is 3.47. The van der Waals surface area contributed by atoms with Gasteiger partial charge in [0.25, 0.3) is 0 Å². The van der Waals surface area contributed by atoms with Crippen LogP contribution in [0.1, 0.15) is 40.0 Å². The van der Waals surface area contributed by atoms with Gasteiger partial charge < -0.3 is 9.80 Å². The van der Waals surface area contributed by atoms with Crippen LogP contribution >= 0.6 is 0 Å². The number of carbonyl (C=O) groups is 2. The van der Waals surface area contributed by atoms with Gasteiger partial charge in [0.1, 0.15) is 5.78 Å². The van der Waals surface area contributed by atoms with Crippen LogP contribution in [0.2, 0.25) is 0 Å². The summed E-state index contributed by atoms with van der Waals surface area (Å²) in [7, 11) is 0. The molecule has 1 aromatic heterocycles. The third kappa shape index (κ3) is 2.02. The zero-order valence-corrected chi connectivity index (χ0v) is 15.3. The molecule has 25 heavy (non-hydrogen) atoms. The number of aromatic nitrogens is 2. The lowest BCUT2D eigenvalue weighted by atomic mass is 9.64. The minimum absolute atomic E-state index is 0.181. The van der Waals surface area contributed by atoms with Crippen LogP contribution in [0.3, 0.4) is 0 Å². The summed E-state index contributed by atoms with van der Waals surface area (Å²) in [6, 6.07) is 1.80. The van der Waals surface area contributed by atoms with Gasteiger partial charge in [-0.3, -0.25) is 9.59 Å². The van der Waals surface area contributed by atoms with E-state index in [-0.39, 0.29) is 22.5 Å². The first-order valence-corrected chi connectivity index (χ1v) is 9.16. The van der Waals surface area contributed by atoms with E-state index in [4.69, 9.17) is 0 Å². The molecule has 6 nitrogen and oxygen atoms in total. The molecule has 0 radical (unpaired) electrons. The van der Waals surface area contributed by atoms with E-state index in [1.807, 2.05) is 4.90 Å². The molecule has 1 aromatic rings. The van der Waals surface area contributed by atoms with Crippen molar-refractivity contribution >= 4 is 17.6 Å². The Morgan fingerprint density at radius 3 is 2.20 bits per heavy atom. The third-order valence-electron chi connectivity index (χ3n) is 7.52. The van der Waals surface area contributed by atoms with Crippen molar-refractivity contribution in [2.24, 2.45) is 16.2 Å². The summed E-state index contributed by atoms with van der Waals surface area (Å²) in [5, 5.41) is 0. The molecular formula is C19H26N4O2. The molecule has 4 rings (SSSR count). The summed E-state index contributed by atoms with van der Waals surface area (Å²) in [4.78, 5) is 38.7. The van der Waals surface area contributed by atoms with Crippen LogP contribution in [0.25, 0.3) is 0 Å². The highest BCUT2D eigenvalue weighted by Crippen LogP contribution is 2.71. The van der Waals surface area contributed by atoms with Crippen LogP contribution in [0, 0.1) is 16.2 Å². The van der Waals surface area contributed by atoms with E-state index in [0.29, 0.717) is 19.5 Å². The molecule has 2 bridgehead atoms. The summed E-state index contributed by atoms with van der Waals surface area (Å²) in [5.41, 5.74) is -1.12. The predicted octanol–water partition coefficient (Wildman–Crippen LogP) is 1.91. The number of hydrogen-bond donors (Lipinski definition) is 0. The number of carbonyl (C=O) groups excluding carboxylic acids is 2. The SMILES string of the molecule is CC1(C)[C@]2(C(=O)N3CCN(c4ncccn4)CC3)CC[C@]1(C)C(=O)C2. The van der Waals surface area contributed by atoms with Gasteiger partial charge in [0.15, 0.2) is 0 Å². The topological polar surface area (TPSA) is 66.4 Å². The lowest BCUT2D eigenvalue weighted by molar-refractivity contribution is -0.148. The Morgan fingerprint density at radius 2 is 1.68 bits per heavy atom. The molecule has 3 aliphatic rings. The molecule has 0 unspecified atom stereocenters. The average Bonchev–Trinajstić information content (AvgIpc) is 2.92.